The first-order chi connectivity index (χ1) is 7.04. The smallest absolute Gasteiger partial charge is 0.246 e. The summed E-state index contributed by atoms with van der Waals surface area (Å²) in [6.07, 6.45) is -1.71. The van der Waals surface area contributed by atoms with Crippen molar-refractivity contribution in [2.45, 2.75) is 12.6 Å². The summed E-state index contributed by atoms with van der Waals surface area (Å²) in [6, 6.07) is 0. The van der Waals surface area contributed by atoms with Crippen molar-refractivity contribution in [2.75, 3.05) is 0 Å². The summed E-state index contributed by atoms with van der Waals surface area (Å²) in [7, 11) is 0. The second-order valence-corrected chi connectivity index (χ2v) is 2.88. The number of rotatable bonds is 1. The molecule has 0 unspecified atom stereocenters. The summed E-state index contributed by atoms with van der Waals surface area (Å²) < 4.78 is 36.1. The summed E-state index contributed by atoms with van der Waals surface area (Å²) in [5.74, 6) is 0. The third-order valence-corrected chi connectivity index (χ3v) is 1.65. The van der Waals surface area contributed by atoms with E-state index in [-0.39, 0.29) is 16.9 Å². The molecule has 7 heteroatoms. The van der Waals surface area contributed by atoms with Gasteiger partial charge in [0.25, 0.3) is 0 Å². The van der Waals surface area contributed by atoms with Crippen LogP contribution >= 0.6 is 0 Å². The molecule has 0 radical (unpaired) electrons. The van der Waals surface area contributed by atoms with Gasteiger partial charge in [0.1, 0.15) is 11.8 Å². The van der Waals surface area contributed by atoms with Crippen molar-refractivity contribution < 1.29 is 13.2 Å². The SMILES string of the molecule is FC(F)(F)Cc1cnc2ncncc2n1. The zero-order chi connectivity index (χ0) is 10.9. The van der Waals surface area contributed by atoms with Crippen LogP contribution in [0.15, 0.2) is 18.7 Å². The van der Waals surface area contributed by atoms with Crippen LogP contribution in [0.25, 0.3) is 11.2 Å². The van der Waals surface area contributed by atoms with Crippen LogP contribution in [0.3, 0.4) is 0 Å². The predicted molar refractivity (Wildman–Crippen MR) is 44.9 cm³/mol. The Labute approximate surface area is 82.2 Å². The lowest BCUT2D eigenvalue weighted by Crippen LogP contribution is -2.13. The molecule has 0 N–H and O–H groups in total. The minimum Gasteiger partial charge on any atom is -0.246 e. The Morgan fingerprint density at radius 3 is 2.67 bits per heavy atom. The molecule has 78 valence electrons. The van der Waals surface area contributed by atoms with Crippen LogP contribution < -0.4 is 0 Å². The van der Waals surface area contributed by atoms with Crippen molar-refractivity contribution in [1.29, 1.82) is 0 Å². The Morgan fingerprint density at radius 1 is 1.13 bits per heavy atom. The van der Waals surface area contributed by atoms with Gasteiger partial charge in [-0.1, -0.05) is 0 Å². The number of aromatic nitrogens is 4. The fraction of sp³-hybridized carbons (Fsp3) is 0.250. The van der Waals surface area contributed by atoms with E-state index in [0.717, 1.165) is 6.20 Å². The summed E-state index contributed by atoms with van der Waals surface area (Å²) in [6.45, 7) is 0. The Kier molecular flexibility index (Phi) is 2.22. The Hall–Kier alpha value is -1.79. The van der Waals surface area contributed by atoms with E-state index in [1.54, 1.807) is 0 Å². The zero-order valence-electron chi connectivity index (χ0n) is 7.36. The van der Waals surface area contributed by atoms with Gasteiger partial charge in [-0.3, -0.25) is 0 Å². The van der Waals surface area contributed by atoms with E-state index >= 15 is 0 Å². The standard InChI is InChI=1S/C8H5F3N4/c9-8(10,11)1-5-2-13-7-6(15-5)3-12-4-14-7/h2-4H,1H2. The lowest BCUT2D eigenvalue weighted by Gasteiger charge is -2.05. The number of hydrogen-bond acceptors (Lipinski definition) is 4. The van der Waals surface area contributed by atoms with Crippen molar-refractivity contribution in [1.82, 2.24) is 19.9 Å². The first-order valence-corrected chi connectivity index (χ1v) is 4.03. The molecule has 0 aliphatic rings. The van der Waals surface area contributed by atoms with Crippen LogP contribution in [0.2, 0.25) is 0 Å². The van der Waals surface area contributed by atoms with Crippen LogP contribution in [0.4, 0.5) is 13.2 Å². The monoisotopic (exact) mass is 214 g/mol. The van der Waals surface area contributed by atoms with Gasteiger partial charge in [0, 0.05) is 0 Å². The van der Waals surface area contributed by atoms with Crippen LogP contribution in [-0.2, 0) is 6.42 Å². The molecule has 4 nitrogen and oxygen atoms in total. The van der Waals surface area contributed by atoms with Crippen molar-refractivity contribution >= 4 is 11.2 Å². The molecular formula is C8H5F3N4. The van der Waals surface area contributed by atoms with E-state index in [4.69, 9.17) is 0 Å². The van der Waals surface area contributed by atoms with Crippen molar-refractivity contribution in [3.8, 4) is 0 Å². The number of nitrogens with zero attached hydrogens (tertiary/aromatic N) is 4. The van der Waals surface area contributed by atoms with E-state index in [0.29, 0.717) is 0 Å². The van der Waals surface area contributed by atoms with E-state index in [2.05, 4.69) is 19.9 Å². The van der Waals surface area contributed by atoms with E-state index < -0.39 is 12.6 Å². The highest BCUT2D eigenvalue weighted by Gasteiger charge is 2.28. The highest BCUT2D eigenvalue weighted by molar-refractivity contribution is 5.67. The summed E-state index contributed by atoms with van der Waals surface area (Å²) in [4.78, 5) is 14.9. The van der Waals surface area contributed by atoms with E-state index in [1.165, 1.54) is 12.5 Å². The Bertz CT molecular complexity index is 483. The molecule has 0 atom stereocenters. The lowest BCUT2D eigenvalue weighted by molar-refractivity contribution is -0.127. The molecule has 0 aliphatic heterocycles. The van der Waals surface area contributed by atoms with Crippen LogP contribution in [0, 0.1) is 0 Å². The van der Waals surface area contributed by atoms with Gasteiger partial charge in [0.2, 0.25) is 0 Å². The van der Waals surface area contributed by atoms with Gasteiger partial charge in [-0.05, 0) is 0 Å². The van der Waals surface area contributed by atoms with Gasteiger partial charge in [-0.2, -0.15) is 13.2 Å². The fourth-order valence-electron chi connectivity index (χ4n) is 1.10. The average molecular weight is 214 g/mol. The van der Waals surface area contributed by atoms with Gasteiger partial charge in [0.05, 0.1) is 24.5 Å². The van der Waals surface area contributed by atoms with Gasteiger partial charge in [0.15, 0.2) is 5.65 Å². The highest BCUT2D eigenvalue weighted by Crippen LogP contribution is 2.20. The highest BCUT2D eigenvalue weighted by atomic mass is 19.4. The Balaban J connectivity index is 2.39. The Morgan fingerprint density at radius 2 is 1.93 bits per heavy atom. The molecule has 0 saturated heterocycles. The molecule has 2 heterocycles. The van der Waals surface area contributed by atoms with Crippen LogP contribution in [0.5, 0.6) is 0 Å². The topological polar surface area (TPSA) is 51.6 Å². The van der Waals surface area contributed by atoms with Gasteiger partial charge in [-0.15, -0.1) is 0 Å². The summed E-state index contributed by atoms with van der Waals surface area (Å²) >= 11 is 0. The maximum Gasteiger partial charge on any atom is 0.394 e. The molecule has 2 aromatic rings. The molecule has 0 amide bonds. The predicted octanol–water partition coefficient (Wildman–Crippen LogP) is 1.52. The van der Waals surface area contributed by atoms with Gasteiger partial charge < -0.3 is 0 Å². The second-order valence-electron chi connectivity index (χ2n) is 2.88. The molecule has 0 aromatic carbocycles. The maximum atomic E-state index is 12.0. The van der Waals surface area contributed by atoms with Crippen molar-refractivity contribution in [3.05, 3.63) is 24.4 Å². The number of hydrogen-bond donors (Lipinski definition) is 0. The van der Waals surface area contributed by atoms with E-state index in [9.17, 15) is 13.2 Å². The molecular weight excluding hydrogens is 209 g/mol. The van der Waals surface area contributed by atoms with Gasteiger partial charge in [-0.25, -0.2) is 19.9 Å². The normalized spacial score (nSPS) is 11.9. The van der Waals surface area contributed by atoms with Crippen LogP contribution in [-0.4, -0.2) is 26.1 Å². The second kappa shape index (κ2) is 3.41. The lowest BCUT2D eigenvalue weighted by atomic mass is 10.3. The molecule has 0 spiro atoms. The van der Waals surface area contributed by atoms with Gasteiger partial charge >= 0.3 is 6.18 Å². The fourth-order valence-corrected chi connectivity index (χ4v) is 1.10. The van der Waals surface area contributed by atoms with E-state index in [1.807, 2.05) is 0 Å². The minimum atomic E-state index is -4.28. The largest absolute Gasteiger partial charge is 0.394 e. The quantitative estimate of drug-likeness (QED) is 0.722. The molecule has 0 bridgehead atoms. The van der Waals surface area contributed by atoms with Crippen molar-refractivity contribution in [3.63, 3.8) is 0 Å². The average Bonchev–Trinajstić information content (AvgIpc) is 2.15. The first-order valence-electron chi connectivity index (χ1n) is 4.03. The summed E-state index contributed by atoms with van der Waals surface area (Å²) in [5.41, 5.74) is 0.417. The van der Waals surface area contributed by atoms with Crippen LogP contribution in [0.1, 0.15) is 5.69 Å². The maximum absolute atomic E-state index is 12.0. The number of alkyl halides is 3. The molecule has 0 aliphatic carbocycles. The zero-order valence-corrected chi connectivity index (χ0v) is 7.36. The minimum absolute atomic E-state index is 0.134. The molecule has 0 saturated carbocycles. The summed E-state index contributed by atoms with van der Waals surface area (Å²) in [5, 5.41) is 0. The molecule has 2 aromatic heterocycles. The molecule has 2 rings (SSSR count). The molecule has 15 heavy (non-hydrogen) atoms. The molecule has 0 fully saturated rings. The number of halogens is 3. The van der Waals surface area contributed by atoms with Crippen molar-refractivity contribution in [2.24, 2.45) is 0 Å². The number of fused-ring (bicyclic) bond motifs is 1. The third-order valence-electron chi connectivity index (χ3n) is 1.65. The third kappa shape index (κ3) is 2.36. The first kappa shape index (κ1) is 9.75.